The Morgan fingerprint density at radius 3 is 1.68 bits per heavy atom. The number of unbranched alkanes of at least 4 members (excludes halogenated alkanes) is 2. The second kappa shape index (κ2) is 13.1. The molecule has 0 fully saturated rings. The number of aliphatic carboxylic acids is 1. The van der Waals surface area contributed by atoms with Crippen LogP contribution < -0.4 is 5.73 Å². The standard InChI is InChI=1S/C17H20O5.C4H7NO3.H2S/c1-2-3-4-5-10-6-8-11(9-7-10)12-13(18)15(20)17(22)16(21)14(12)19;5-3(6)1-2-4(7)8;/h6-9,18-22H,2-5H2,1H3;1-2H2,(H2,5,6)(H,7,8);1H2. The number of amides is 1. The number of nitrogens with two attached hydrogens (primary N) is 1. The van der Waals surface area contributed by atoms with E-state index in [1.165, 1.54) is 0 Å². The van der Waals surface area contributed by atoms with Gasteiger partial charge in [-0.15, -0.1) is 0 Å². The average Bonchev–Trinajstić information content (AvgIpc) is 2.71. The molecule has 172 valence electrons. The van der Waals surface area contributed by atoms with Gasteiger partial charge in [-0.1, -0.05) is 44.0 Å². The molecule has 0 spiro atoms. The fraction of sp³-hybridized carbons (Fsp3) is 0.333. The summed E-state index contributed by atoms with van der Waals surface area (Å²) >= 11 is 0. The van der Waals surface area contributed by atoms with E-state index in [4.69, 9.17) is 5.11 Å². The molecule has 0 radical (unpaired) electrons. The number of primary amides is 1. The second-order valence-electron chi connectivity index (χ2n) is 6.63. The van der Waals surface area contributed by atoms with E-state index in [0.29, 0.717) is 5.56 Å². The number of carboxylic acids is 1. The highest BCUT2D eigenvalue weighted by molar-refractivity contribution is 7.59. The molecule has 0 aromatic heterocycles. The summed E-state index contributed by atoms with van der Waals surface area (Å²) in [6, 6.07) is 7.10. The van der Waals surface area contributed by atoms with Gasteiger partial charge in [0.1, 0.15) is 0 Å². The Bertz CT molecular complexity index is 841. The summed E-state index contributed by atoms with van der Waals surface area (Å²) in [5.41, 5.74) is 6.08. The number of hydrogen-bond donors (Lipinski definition) is 7. The van der Waals surface area contributed by atoms with Gasteiger partial charge >= 0.3 is 5.97 Å². The molecule has 0 bridgehead atoms. The number of benzene rings is 2. The summed E-state index contributed by atoms with van der Waals surface area (Å²) < 4.78 is 0. The van der Waals surface area contributed by atoms with Crippen molar-refractivity contribution in [2.24, 2.45) is 5.73 Å². The van der Waals surface area contributed by atoms with Crippen LogP contribution >= 0.6 is 13.5 Å². The van der Waals surface area contributed by atoms with Crippen LogP contribution in [0, 0.1) is 0 Å². The molecule has 0 aliphatic heterocycles. The minimum absolute atomic E-state index is 0. The number of phenols is 5. The van der Waals surface area contributed by atoms with Crippen LogP contribution in [0.1, 0.15) is 44.6 Å². The molecular formula is C21H29NO8S. The Morgan fingerprint density at radius 2 is 1.29 bits per heavy atom. The van der Waals surface area contributed by atoms with Crippen molar-refractivity contribution in [2.45, 2.75) is 45.4 Å². The first-order chi connectivity index (χ1) is 14.1. The van der Waals surface area contributed by atoms with Crippen LogP contribution in [0.4, 0.5) is 0 Å². The van der Waals surface area contributed by atoms with E-state index in [1.54, 1.807) is 12.1 Å². The Morgan fingerprint density at radius 1 is 0.806 bits per heavy atom. The minimum atomic E-state index is -0.996. The van der Waals surface area contributed by atoms with E-state index in [0.717, 1.165) is 31.2 Å². The Labute approximate surface area is 186 Å². The van der Waals surface area contributed by atoms with Gasteiger partial charge in [0.15, 0.2) is 11.5 Å². The topological polar surface area (TPSA) is 182 Å². The lowest BCUT2D eigenvalue weighted by Crippen LogP contribution is -2.12. The van der Waals surface area contributed by atoms with Crippen LogP contribution in [0.25, 0.3) is 11.1 Å². The van der Waals surface area contributed by atoms with E-state index in [1.807, 2.05) is 12.1 Å². The molecule has 0 heterocycles. The van der Waals surface area contributed by atoms with Crippen molar-refractivity contribution >= 4 is 25.4 Å². The third-order valence-corrected chi connectivity index (χ3v) is 4.27. The highest BCUT2D eigenvalue weighted by Gasteiger charge is 2.23. The lowest BCUT2D eigenvalue weighted by atomic mass is 9.99. The van der Waals surface area contributed by atoms with Crippen LogP contribution in [-0.2, 0) is 16.0 Å². The van der Waals surface area contributed by atoms with Crippen molar-refractivity contribution in [3.63, 3.8) is 0 Å². The Balaban J connectivity index is 0.000000858. The molecule has 0 aliphatic rings. The van der Waals surface area contributed by atoms with Gasteiger partial charge < -0.3 is 36.4 Å². The molecule has 0 unspecified atom stereocenters. The van der Waals surface area contributed by atoms with Crippen molar-refractivity contribution in [1.82, 2.24) is 0 Å². The molecule has 0 saturated carbocycles. The van der Waals surface area contributed by atoms with Gasteiger partial charge in [-0.2, -0.15) is 13.5 Å². The molecule has 31 heavy (non-hydrogen) atoms. The summed E-state index contributed by atoms with van der Waals surface area (Å²) in [5.74, 6) is -5.60. The molecular weight excluding hydrogens is 426 g/mol. The molecule has 9 nitrogen and oxygen atoms in total. The van der Waals surface area contributed by atoms with E-state index < -0.39 is 40.6 Å². The zero-order chi connectivity index (χ0) is 22.8. The Hall–Kier alpha value is -3.27. The van der Waals surface area contributed by atoms with E-state index in [-0.39, 0.29) is 31.9 Å². The van der Waals surface area contributed by atoms with Crippen molar-refractivity contribution in [3.8, 4) is 39.9 Å². The van der Waals surface area contributed by atoms with E-state index >= 15 is 0 Å². The number of hydrogen-bond acceptors (Lipinski definition) is 7. The fourth-order valence-corrected chi connectivity index (χ4v) is 2.61. The van der Waals surface area contributed by atoms with Crippen molar-refractivity contribution in [2.75, 3.05) is 0 Å². The first-order valence-electron chi connectivity index (χ1n) is 9.38. The van der Waals surface area contributed by atoms with Gasteiger partial charge in [0, 0.05) is 6.42 Å². The first-order valence-corrected chi connectivity index (χ1v) is 9.38. The Kier molecular flexibility index (Phi) is 11.7. The molecule has 0 atom stereocenters. The van der Waals surface area contributed by atoms with Crippen molar-refractivity contribution in [3.05, 3.63) is 29.8 Å². The zero-order valence-corrected chi connectivity index (χ0v) is 18.1. The number of aromatic hydroxyl groups is 5. The summed E-state index contributed by atoms with van der Waals surface area (Å²) in [5, 5.41) is 56.3. The van der Waals surface area contributed by atoms with Gasteiger partial charge in [-0.3, -0.25) is 9.59 Å². The molecule has 0 saturated heterocycles. The van der Waals surface area contributed by atoms with Crippen molar-refractivity contribution < 1.29 is 40.2 Å². The number of rotatable bonds is 8. The number of carbonyl (C=O) groups excluding carboxylic acids is 1. The van der Waals surface area contributed by atoms with E-state index in [9.17, 15) is 35.1 Å². The monoisotopic (exact) mass is 455 g/mol. The van der Waals surface area contributed by atoms with Gasteiger partial charge in [0.05, 0.1) is 12.0 Å². The number of carbonyl (C=O) groups is 2. The van der Waals surface area contributed by atoms with Crippen LogP contribution in [0.3, 0.4) is 0 Å². The molecule has 2 aromatic carbocycles. The lowest BCUT2D eigenvalue weighted by molar-refractivity contribution is -0.138. The van der Waals surface area contributed by atoms with Crippen molar-refractivity contribution in [1.29, 1.82) is 0 Å². The number of phenolic OH excluding ortho intramolecular Hbond substituents is 5. The summed E-state index contributed by atoms with van der Waals surface area (Å²) in [4.78, 5) is 19.6. The normalized spacial score (nSPS) is 9.84. The maximum Gasteiger partial charge on any atom is 0.303 e. The zero-order valence-electron chi connectivity index (χ0n) is 17.1. The minimum Gasteiger partial charge on any atom is -0.504 e. The van der Waals surface area contributed by atoms with Crippen LogP contribution in [-0.4, -0.2) is 42.5 Å². The molecule has 10 heteroatoms. The highest BCUT2D eigenvalue weighted by atomic mass is 32.1. The lowest BCUT2D eigenvalue weighted by Gasteiger charge is -2.13. The maximum absolute atomic E-state index is 9.90. The molecule has 8 N–H and O–H groups in total. The summed E-state index contributed by atoms with van der Waals surface area (Å²) in [6.07, 6.45) is 4.09. The largest absolute Gasteiger partial charge is 0.504 e. The molecule has 2 aromatic rings. The number of carboxylic acid groups (broad SMARTS) is 1. The first kappa shape index (κ1) is 27.7. The molecule has 0 aliphatic carbocycles. The molecule has 1 amide bonds. The third kappa shape index (κ3) is 8.17. The average molecular weight is 456 g/mol. The van der Waals surface area contributed by atoms with Gasteiger partial charge in [0.2, 0.25) is 23.2 Å². The van der Waals surface area contributed by atoms with Gasteiger partial charge in [0.25, 0.3) is 0 Å². The van der Waals surface area contributed by atoms with Crippen LogP contribution in [0.5, 0.6) is 28.7 Å². The second-order valence-corrected chi connectivity index (χ2v) is 6.63. The predicted molar refractivity (Wildman–Crippen MR) is 120 cm³/mol. The quantitative estimate of drug-likeness (QED) is 0.180. The SMILES string of the molecule is CCCCCc1ccc(-c2c(O)c(O)c(O)c(O)c2O)cc1.NC(=O)CCC(=O)O.S. The van der Waals surface area contributed by atoms with E-state index in [2.05, 4.69) is 12.7 Å². The third-order valence-electron chi connectivity index (χ3n) is 4.27. The fourth-order valence-electron chi connectivity index (χ4n) is 2.61. The van der Waals surface area contributed by atoms with Gasteiger partial charge in [-0.05, 0) is 24.0 Å². The van der Waals surface area contributed by atoms with Crippen LogP contribution in [0.15, 0.2) is 24.3 Å². The number of aryl methyl sites for hydroxylation is 1. The van der Waals surface area contributed by atoms with Crippen LogP contribution in [0.2, 0.25) is 0 Å². The van der Waals surface area contributed by atoms with Gasteiger partial charge in [-0.25, -0.2) is 0 Å². The summed E-state index contributed by atoms with van der Waals surface area (Å²) in [7, 11) is 0. The smallest absolute Gasteiger partial charge is 0.303 e. The maximum atomic E-state index is 9.90. The molecule has 2 rings (SSSR count). The predicted octanol–water partition coefficient (Wildman–Crippen LogP) is 3.06. The highest BCUT2D eigenvalue weighted by Crippen LogP contribution is 2.54. The summed E-state index contributed by atoms with van der Waals surface area (Å²) in [6.45, 7) is 2.14.